The van der Waals surface area contributed by atoms with Gasteiger partial charge in [0.05, 0.1) is 13.2 Å². The molecule has 12 heteroatoms. The Morgan fingerprint density at radius 1 is 1.26 bits per heavy atom. The van der Waals surface area contributed by atoms with Crippen LogP contribution in [0.25, 0.3) is 0 Å². The van der Waals surface area contributed by atoms with Gasteiger partial charge in [0.15, 0.2) is 0 Å². The van der Waals surface area contributed by atoms with Crippen LogP contribution in [0.2, 0.25) is 0 Å². The Labute approximate surface area is 153 Å². The summed E-state index contributed by atoms with van der Waals surface area (Å²) in [5, 5.41) is 5.66. The van der Waals surface area contributed by atoms with E-state index in [1.165, 1.54) is 4.68 Å². The zero-order valence-corrected chi connectivity index (χ0v) is 14.8. The molecule has 9 nitrogen and oxygen atoms in total. The highest BCUT2D eigenvalue weighted by Crippen LogP contribution is 2.22. The third kappa shape index (κ3) is 4.49. The minimum atomic E-state index is -4.98. The molecule has 0 saturated carbocycles. The first-order valence-electron chi connectivity index (χ1n) is 8.75. The fourth-order valence-electron chi connectivity index (χ4n) is 3.30. The predicted octanol–water partition coefficient (Wildman–Crippen LogP) is 0.868. The number of carbonyl (C=O) groups excluding carboxylic acids is 2. The number of halogens is 3. The van der Waals surface area contributed by atoms with E-state index in [-0.39, 0.29) is 18.1 Å². The number of aromatic nitrogens is 3. The van der Waals surface area contributed by atoms with Crippen molar-refractivity contribution >= 4 is 17.9 Å². The molecule has 1 N–H and O–H groups in total. The quantitative estimate of drug-likeness (QED) is 0.823. The van der Waals surface area contributed by atoms with E-state index in [4.69, 9.17) is 4.74 Å². The maximum Gasteiger partial charge on any atom is 0.471 e. The standard InChI is InChI=1S/C15H21F3N6O3/c1-2-27-14(26)23-7-5-22(6-8-23)10-3-4-11-19-13(21-24(11)9-10)20-12(25)15(16,17)18/h10H,2-9H2,1H3,(H,20,21,25). The van der Waals surface area contributed by atoms with Gasteiger partial charge >= 0.3 is 18.2 Å². The second-order valence-corrected chi connectivity index (χ2v) is 6.40. The van der Waals surface area contributed by atoms with Crippen molar-refractivity contribution in [1.82, 2.24) is 24.6 Å². The number of carbonyl (C=O) groups is 2. The number of alkyl halides is 3. The SMILES string of the molecule is CCOC(=O)N1CCN(C2CCc3nc(NC(=O)C(F)(F)F)nn3C2)CC1. The molecule has 2 amide bonds. The Kier molecular flexibility index (Phi) is 5.53. The van der Waals surface area contributed by atoms with E-state index in [0.717, 1.165) is 6.42 Å². The summed E-state index contributed by atoms with van der Waals surface area (Å²) in [4.78, 5) is 30.6. The van der Waals surface area contributed by atoms with Crippen LogP contribution in [0, 0.1) is 0 Å². The average Bonchev–Trinajstić information content (AvgIpc) is 3.02. The number of ether oxygens (including phenoxy) is 1. The lowest BCUT2D eigenvalue weighted by Crippen LogP contribution is -2.53. The van der Waals surface area contributed by atoms with Crippen molar-refractivity contribution in [1.29, 1.82) is 0 Å². The summed E-state index contributed by atoms with van der Waals surface area (Å²) < 4.78 is 43.6. The van der Waals surface area contributed by atoms with Gasteiger partial charge in [-0.2, -0.15) is 18.2 Å². The molecule has 3 rings (SSSR count). The molecule has 0 spiro atoms. The van der Waals surface area contributed by atoms with Crippen molar-refractivity contribution < 1.29 is 27.5 Å². The lowest BCUT2D eigenvalue weighted by Gasteiger charge is -2.40. The number of piperazine rings is 1. The Morgan fingerprint density at radius 2 is 1.96 bits per heavy atom. The fourth-order valence-corrected chi connectivity index (χ4v) is 3.30. The smallest absolute Gasteiger partial charge is 0.450 e. The summed E-state index contributed by atoms with van der Waals surface area (Å²) in [6.07, 6.45) is -3.96. The summed E-state index contributed by atoms with van der Waals surface area (Å²) in [6, 6.07) is 0.148. The molecule has 1 fully saturated rings. The molecular weight excluding hydrogens is 369 g/mol. The van der Waals surface area contributed by atoms with Gasteiger partial charge in [-0.25, -0.2) is 9.48 Å². The Morgan fingerprint density at radius 3 is 2.59 bits per heavy atom. The molecule has 150 valence electrons. The van der Waals surface area contributed by atoms with Crippen LogP contribution < -0.4 is 5.32 Å². The summed E-state index contributed by atoms with van der Waals surface area (Å²) in [5.41, 5.74) is 0. The molecule has 2 aliphatic heterocycles. The van der Waals surface area contributed by atoms with Crippen LogP contribution in [0.3, 0.4) is 0 Å². The highest BCUT2D eigenvalue weighted by molar-refractivity contribution is 5.93. The normalized spacial score (nSPS) is 20.9. The molecule has 1 aromatic rings. The maximum atomic E-state index is 12.3. The van der Waals surface area contributed by atoms with Gasteiger partial charge in [-0.3, -0.25) is 15.0 Å². The molecule has 2 aliphatic rings. The van der Waals surface area contributed by atoms with Gasteiger partial charge in [-0.05, 0) is 13.3 Å². The minimum absolute atomic E-state index is 0.148. The van der Waals surface area contributed by atoms with Crippen LogP contribution in [0.1, 0.15) is 19.2 Å². The molecule has 1 saturated heterocycles. The van der Waals surface area contributed by atoms with E-state index in [0.29, 0.717) is 51.6 Å². The van der Waals surface area contributed by atoms with Gasteiger partial charge in [-0.15, -0.1) is 5.10 Å². The topological polar surface area (TPSA) is 92.6 Å². The molecule has 1 aromatic heterocycles. The molecule has 0 aromatic carbocycles. The zero-order valence-electron chi connectivity index (χ0n) is 14.8. The van der Waals surface area contributed by atoms with Crippen molar-refractivity contribution in [2.24, 2.45) is 0 Å². The predicted molar refractivity (Wildman–Crippen MR) is 87.0 cm³/mol. The van der Waals surface area contributed by atoms with Crippen molar-refractivity contribution in [2.75, 3.05) is 38.1 Å². The van der Waals surface area contributed by atoms with E-state index in [1.807, 2.05) is 0 Å². The highest BCUT2D eigenvalue weighted by Gasteiger charge is 2.39. The number of aryl methyl sites for hydroxylation is 1. The largest absolute Gasteiger partial charge is 0.471 e. The van der Waals surface area contributed by atoms with E-state index in [1.54, 1.807) is 17.1 Å². The van der Waals surface area contributed by atoms with Crippen LogP contribution in [0.15, 0.2) is 0 Å². The first kappa shape index (κ1) is 19.4. The Balaban J connectivity index is 1.56. The molecule has 27 heavy (non-hydrogen) atoms. The molecule has 0 aliphatic carbocycles. The molecule has 1 atom stereocenters. The number of nitrogens with zero attached hydrogens (tertiary/aromatic N) is 5. The van der Waals surface area contributed by atoms with Crippen LogP contribution in [0.4, 0.5) is 23.9 Å². The van der Waals surface area contributed by atoms with Crippen LogP contribution >= 0.6 is 0 Å². The number of amides is 2. The monoisotopic (exact) mass is 390 g/mol. The van der Waals surface area contributed by atoms with Crippen molar-refractivity contribution in [2.45, 2.75) is 38.5 Å². The average molecular weight is 390 g/mol. The lowest BCUT2D eigenvalue weighted by atomic mass is 10.1. The fraction of sp³-hybridized carbons (Fsp3) is 0.733. The highest BCUT2D eigenvalue weighted by atomic mass is 19.4. The van der Waals surface area contributed by atoms with Gasteiger partial charge in [0, 0.05) is 38.6 Å². The van der Waals surface area contributed by atoms with Crippen LogP contribution in [-0.2, 0) is 22.5 Å². The third-order valence-corrected chi connectivity index (χ3v) is 4.67. The number of anilines is 1. The second kappa shape index (κ2) is 7.71. The van der Waals surface area contributed by atoms with Crippen LogP contribution in [-0.4, -0.2) is 81.6 Å². The number of fused-ring (bicyclic) bond motifs is 1. The van der Waals surface area contributed by atoms with Gasteiger partial charge in [0.25, 0.3) is 0 Å². The van der Waals surface area contributed by atoms with Gasteiger partial charge in [-0.1, -0.05) is 0 Å². The number of rotatable bonds is 3. The van der Waals surface area contributed by atoms with Crippen LogP contribution in [0.5, 0.6) is 0 Å². The first-order valence-corrected chi connectivity index (χ1v) is 8.75. The van der Waals surface area contributed by atoms with Gasteiger partial charge in [0.1, 0.15) is 5.82 Å². The molecule has 3 heterocycles. The van der Waals surface area contributed by atoms with Gasteiger partial charge < -0.3 is 9.64 Å². The summed E-state index contributed by atoms with van der Waals surface area (Å²) in [6.45, 7) is 5.07. The number of hydrogen-bond donors (Lipinski definition) is 1. The first-order chi connectivity index (χ1) is 12.8. The van der Waals surface area contributed by atoms with Crippen molar-refractivity contribution in [3.8, 4) is 0 Å². The maximum absolute atomic E-state index is 12.3. The Hall–Kier alpha value is -2.37. The summed E-state index contributed by atoms with van der Waals surface area (Å²) in [7, 11) is 0. The second-order valence-electron chi connectivity index (χ2n) is 6.40. The van der Waals surface area contributed by atoms with E-state index in [9.17, 15) is 22.8 Å². The molecule has 0 bridgehead atoms. The van der Waals surface area contributed by atoms with E-state index in [2.05, 4.69) is 15.0 Å². The van der Waals surface area contributed by atoms with Crippen molar-refractivity contribution in [3.05, 3.63) is 5.82 Å². The molecular formula is C15H21F3N6O3. The zero-order chi connectivity index (χ0) is 19.6. The van der Waals surface area contributed by atoms with E-state index < -0.39 is 12.1 Å². The molecule has 0 radical (unpaired) electrons. The number of nitrogens with one attached hydrogen (secondary N) is 1. The minimum Gasteiger partial charge on any atom is -0.450 e. The summed E-state index contributed by atoms with van der Waals surface area (Å²) >= 11 is 0. The van der Waals surface area contributed by atoms with Crippen molar-refractivity contribution in [3.63, 3.8) is 0 Å². The number of hydrogen-bond acceptors (Lipinski definition) is 6. The van der Waals surface area contributed by atoms with Gasteiger partial charge in [0.2, 0.25) is 5.95 Å². The van der Waals surface area contributed by atoms with E-state index >= 15 is 0 Å². The Bertz CT molecular complexity index is 699. The lowest BCUT2D eigenvalue weighted by molar-refractivity contribution is -0.167. The molecule has 1 unspecified atom stereocenters. The third-order valence-electron chi connectivity index (χ3n) is 4.67. The summed E-state index contributed by atoms with van der Waals surface area (Å²) in [5.74, 6) is -1.87.